The summed E-state index contributed by atoms with van der Waals surface area (Å²) in [6, 6.07) is 0.522. The maximum absolute atomic E-state index is 9.68. The molecule has 4 heteroatoms. The number of halogens is 1. The molecule has 3 atom stereocenters. The van der Waals surface area contributed by atoms with Crippen LogP contribution in [-0.2, 0) is 4.74 Å². The van der Waals surface area contributed by atoms with Crippen LogP contribution in [0.5, 0.6) is 0 Å². The molecule has 3 unspecified atom stereocenters. The van der Waals surface area contributed by atoms with Crippen LogP contribution >= 0.6 is 15.9 Å². The van der Waals surface area contributed by atoms with Crippen LogP contribution in [-0.4, -0.2) is 53.8 Å². The topological polar surface area (TPSA) is 32.7 Å². The summed E-state index contributed by atoms with van der Waals surface area (Å²) in [7, 11) is 0. The van der Waals surface area contributed by atoms with Gasteiger partial charge in [-0.1, -0.05) is 29.8 Å². The third-order valence-corrected chi connectivity index (χ3v) is 4.50. The Bertz CT molecular complexity index is 235. The molecule has 0 aromatic carbocycles. The van der Waals surface area contributed by atoms with Crippen LogP contribution in [0.25, 0.3) is 0 Å². The summed E-state index contributed by atoms with van der Waals surface area (Å²) in [5.74, 6) is 0.639. The number of rotatable bonds is 3. The lowest BCUT2D eigenvalue weighted by atomic mass is 9.80. The maximum atomic E-state index is 9.68. The summed E-state index contributed by atoms with van der Waals surface area (Å²) in [6.07, 6.45) is -0.264. The Kier molecular flexibility index (Phi) is 3.41. The summed E-state index contributed by atoms with van der Waals surface area (Å²) >= 11 is 3.32. The Morgan fingerprint density at radius 1 is 1.53 bits per heavy atom. The van der Waals surface area contributed by atoms with E-state index in [-0.39, 0.29) is 6.10 Å². The summed E-state index contributed by atoms with van der Waals surface area (Å²) < 4.78 is 5.56. The zero-order valence-electron chi connectivity index (χ0n) is 9.45. The van der Waals surface area contributed by atoms with Gasteiger partial charge in [-0.15, -0.1) is 0 Å². The summed E-state index contributed by atoms with van der Waals surface area (Å²) in [6.45, 7) is 8.18. The molecule has 0 amide bonds. The van der Waals surface area contributed by atoms with Crippen LogP contribution in [0.1, 0.15) is 13.8 Å². The van der Waals surface area contributed by atoms with Crippen molar-refractivity contribution < 1.29 is 9.84 Å². The van der Waals surface area contributed by atoms with Gasteiger partial charge in [0.25, 0.3) is 0 Å². The van der Waals surface area contributed by atoms with Gasteiger partial charge in [0.1, 0.15) is 0 Å². The van der Waals surface area contributed by atoms with Crippen LogP contribution in [0.4, 0.5) is 0 Å². The van der Waals surface area contributed by atoms with Crippen LogP contribution in [0.15, 0.2) is 0 Å². The second-order valence-electron chi connectivity index (χ2n) is 5.44. The van der Waals surface area contributed by atoms with Gasteiger partial charge in [0, 0.05) is 30.4 Å². The highest BCUT2D eigenvalue weighted by molar-refractivity contribution is 9.09. The average molecular weight is 278 g/mol. The maximum Gasteiger partial charge on any atom is 0.0763 e. The average Bonchev–Trinajstić information content (AvgIpc) is 2.71. The molecule has 2 aliphatic rings. The highest BCUT2D eigenvalue weighted by atomic mass is 79.9. The molecule has 0 radical (unpaired) electrons. The molecule has 0 aliphatic carbocycles. The quantitative estimate of drug-likeness (QED) is 0.785. The van der Waals surface area contributed by atoms with E-state index >= 15 is 0 Å². The lowest BCUT2D eigenvalue weighted by molar-refractivity contribution is 0.0894. The predicted molar refractivity (Wildman–Crippen MR) is 63.3 cm³/mol. The summed E-state index contributed by atoms with van der Waals surface area (Å²) in [4.78, 5) is 2.39. The second kappa shape index (κ2) is 4.32. The molecule has 0 aromatic heterocycles. The lowest BCUT2D eigenvalue weighted by Crippen LogP contribution is -2.39. The number of alkyl halides is 1. The smallest absolute Gasteiger partial charge is 0.0763 e. The van der Waals surface area contributed by atoms with E-state index in [0.717, 1.165) is 26.3 Å². The van der Waals surface area contributed by atoms with Crippen molar-refractivity contribution in [3.63, 3.8) is 0 Å². The van der Waals surface area contributed by atoms with E-state index in [2.05, 4.69) is 34.7 Å². The molecular weight excluding hydrogens is 258 g/mol. The Balaban J connectivity index is 2.02. The zero-order valence-corrected chi connectivity index (χ0v) is 11.0. The first-order valence-corrected chi connectivity index (χ1v) is 6.72. The minimum absolute atomic E-state index is 0.264. The van der Waals surface area contributed by atoms with Crippen molar-refractivity contribution in [3.8, 4) is 0 Å². The summed E-state index contributed by atoms with van der Waals surface area (Å²) in [5, 5.41) is 10.3. The van der Waals surface area contributed by atoms with Crippen molar-refractivity contribution in [1.82, 2.24) is 4.90 Å². The fourth-order valence-electron chi connectivity index (χ4n) is 2.93. The number of β-amino-alcohol motifs (C(OH)–C–C–N with tert-alkyl or cyclic N) is 1. The van der Waals surface area contributed by atoms with Gasteiger partial charge in [-0.25, -0.2) is 0 Å². The minimum atomic E-state index is -0.264. The van der Waals surface area contributed by atoms with E-state index in [9.17, 15) is 5.11 Å². The van der Waals surface area contributed by atoms with Gasteiger partial charge in [0.15, 0.2) is 0 Å². The number of hydrogen-bond donors (Lipinski definition) is 1. The van der Waals surface area contributed by atoms with Crippen LogP contribution < -0.4 is 0 Å². The van der Waals surface area contributed by atoms with E-state index in [1.54, 1.807) is 0 Å². The minimum Gasteiger partial charge on any atom is -0.391 e. The highest BCUT2D eigenvalue weighted by Gasteiger charge is 2.49. The first kappa shape index (κ1) is 11.8. The monoisotopic (exact) mass is 277 g/mol. The number of aliphatic hydroxyl groups excluding tert-OH is 1. The number of fused-ring (bicyclic) bond motifs is 1. The number of hydrogen-bond acceptors (Lipinski definition) is 3. The Hall–Kier alpha value is 0.360. The SMILES string of the molecule is CC1(C)CN(CC(O)CBr)C2COCC21. The second-order valence-corrected chi connectivity index (χ2v) is 6.08. The molecule has 0 saturated carbocycles. The van der Waals surface area contributed by atoms with E-state index < -0.39 is 0 Å². The van der Waals surface area contributed by atoms with Gasteiger partial charge in [0.2, 0.25) is 0 Å². The van der Waals surface area contributed by atoms with Crippen LogP contribution in [0.3, 0.4) is 0 Å². The number of ether oxygens (including phenoxy) is 1. The van der Waals surface area contributed by atoms with Gasteiger partial charge < -0.3 is 9.84 Å². The molecule has 0 aromatic rings. The fourth-order valence-corrected chi connectivity index (χ4v) is 3.13. The molecule has 2 aliphatic heterocycles. The predicted octanol–water partition coefficient (Wildman–Crippen LogP) is 1.10. The van der Waals surface area contributed by atoms with Gasteiger partial charge in [0.05, 0.1) is 19.3 Å². The number of nitrogens with zero attached hydrogens (tertiary/aromatic N) is 1. The third kappa shape index (κ3) is 2.23. The van der Waals surface area contributed by atoms with Gasteiger partial charge >= 0.3 is 0 Å². The van der Waals surface area contributed by atoms with Gasteiger partial charge in [-0.05, 0) is 5.41 Å². The van der Waals surface area contributed by atoms with Crippen molar-refractivity contribution in [2.75, 3.05) is 31.6 Å². The molecule has 2 fully saturated rings. The van der Waals surface area contributed by atoms with Crippen molar-refractivity contribution in [2.24, 2.45) is 11.3 Å². The molecule has 88 valence electrons. The Morgan fingerprint density at radius 2 is 2.27 bits per heavy atom. The zero-order chi connectivity index (χ0) is 11.1. The summed E-state index contributed by atoms with van der Waals surface area (Å²) in [5.41, 5.74) is 0.327. The van der Waals surface area contributed by atoms with Crippen LogP contribution in [0, 0.1) is 11.3 Å². The molecule has 2 saturated heterocycles. The largest absolute Gasteiger partial charge is 0.391 e. The van der Waals surface area contributed by atoms with Gasteiger partial charge in [-0.2, -0.15) is 0 Å². The molecule has 0 spiro atoms. The van der Waals surface area contributed by atoms with E-state index in [1.165, 1.54) is 0 Å². The van der Waals surface area contributed by atoms with Crippen LogP contribution in [0.2, 0.25) is 0 Å². The van der Waals surface area contributed by atoms with E-state index in [1.807, 2.05) is 0 Å². The van der Waals surface area contributed by atoms with Crippen molar-refractivity contribution in [1.29, 1.82) is 0 Å². The number of likely N-dealkylation sites (tertiary alicyclic amines) is 1. The normalized spacial score (nSPS) is 36.8. The first-order chi connectivity index (χ1) is 7.04. The van der Waals surface area contributed by atoms with E-state index in [0.29, 0.717) is 22.7 Å². The fraction of sp³-hybridized carbons (Fsp3) is 1.00. The van der Waals surface area contributed by atoms with Crippen molar-refractivity contribution in [2.45, 2.75) is 26.0 Å². The van der Waals surface area contributed by atoms with E-state index in [4.69, 9.17) is 4.74 Å². The van der Waals surface area contributed by atoms with Gasteiger partial charge in [-0.3, -0.25) is 4.90 Å². The number of aliphatic hydroxyl groups is 1. The molecule has 0 bridgehead atoms. The molecule has 3 nitrogen and oxygen atoms in total. The lowest BCUT2D eigenvalue weighted by Gasteiger charge is -2.25. The molecule has 2 rings (SSSR count). The van der Waals surface area contributed by atoms with Crippen molar-refractivity contribution in [3.05, 3.63) is 0 Å². The van der Waals surface area contributed by atoms with Crippen molar-refractivity contribution >= 4 is 15.9 Å². The molecule has 1 N–H and O–H groups in total. The molecule has 2 heterocycles. The Morgan fingerprint density at radius 3 is 2.93 bits per heavy atom. The molecule has 15 heavy (non-hydrogen) atoms. The first-order valence-electron chi connectivity index (χ1n) is 5.60. The Labute approximate surface area is 99.9 Å². The highest BCUT2D eigenvalue weighted by Crippen LogP contribution is 2.43. The standard InChI is InChI=1S/C11H20BrNO2/c1-11(2)7-13(4-8(14)3-12)10-6-15-5-9(10)11/h8-10,14H,3-7H2,1-2H3. The molecular formula is C11H20BrNO2. The third-order valence-electron chi connectivity index (χ3n) is 3.76.